The monoisotopic (exact) mass is 282 g/mol. The first-order valence-electron chi connectivity index (χ1n) is 5.13. The SMILES string of the molecule is N#Cc1c(Cl)cccc1Nc1cc(F)cc(F)c1F. The Morgan fingerprint density at radius 3 is 2.53 bits per heavy atom. The summed E-state index contributed by atoms with van der Waals surface area (Å²) in [4.78, 5) is 0. The molecule has 0 radical (unpaired) electrons. The number of anilines is 2. The number of nitrogens with zero attached hydrogens (tertiary/aromatic N) is 1. The van der Waals surface area contributed by atoms with Crippen LogP contribution in [0.5, 0.6) is 0 Å². The molecule has 0 saturated carbocycles. The molecule has 0 spiro atoms. The number of halogens is 4. The maximum Gasteiger partial charge on any atom is 0.182 e. The Morgan fingerprint density at radius 2 is 1.84 bits per heavy atom. The molecule has 0 atom stereocenters. The summed E-state index contributed by atoms with van der Waals surface area (Å²) in [7, 11) is 0. The number of hydrogen-bond acceptors (Lipinski definition) is 2. The topological polar surface area (TPSA) is 35.8 Å². The molecule has 0 aliphatic carbocycles. The lowest BCUT2D eigenvalue weighted by Gasteiger charge is -2.10. The highest BCUT2D eigenvalue weighted by molar-refractivity contribution is 6.32. The van der Waals surface area contributed by atoms with Gasteiger partial charge in [-0.25, -0.2) is 13.2 Å². The molecule has 0 aliphatic rings. The maximum atomic E-state index is 13.5. The fourth-order valence-electron chi connectivity index (χ4n) is 1.53. The first kappa shape index (κ1) is 13.2. The lowest BCUT2D eigenvalue weighted by Crippen LogP contribution is -2.00. The Bertz CT molecular complexity index is 680. The molecule has 0 heterocycles. The minimum absolute atomic E-state index is 0.0632. The molecular formula is C13H6ClF3N2. The summed E-state index contributed by atoms with van der Waals surface area (Å²) < 4.78 is 39.6. The van der Waals surface area contributed by atoms with Crippen LogP contribution in [0.2, 0.25) is 5.02 Å². The van der Waals surface area contributed by atoms with Gasteiger partial charge in [-0.15, -0.1) is 0 Å². The molecule has 0 saturated heterocycles. The lowest BCUT2D eigenvalue weighted by atomic mass is 10.2. The van der Waals surface area contributed by atoms with E-state index in [0.717, 1.165) is 6.07 Å². The van der Waals surface area contributed by atoms with Crippen molar-refractivity contribution in [2.24, 2.45) is 0 Å². The second kappa shape index (κ2) is 5.21. The smallest absolute Gasteiger partial charge is 0.182 e. The largest absolute Gasteiger partial charge is 0.352 e. The second-order valence-corrected chi connectivity index (χ2v) is 4.06. The minimum atomic E-state index is -1.32. The van der Waals surface area contributed by atoms with E-state index in [4.69, 9.17) is 16.9 Å². The normalized spacial score (nSPS) is 10.1. The first-order valence-corrected chi connectivity index (χ1v) is 5.51. The summed E-state index contributed by atoms with van der Waals surface area (Å²) in [6.45, 7) is 0. The summed E-state index contributed by atoms with van der Waals surface area (Å²) in [5.74, 6) is -3.48. The van der Waals surface area contributed by atoms with Crippen molar-refractivity contribution >= 4 is 23.0 Å². The zero-order valence-electron chi connectivity index (χ0n) is 9.35. The molecule has 2 nitrogen and oxygen atoms in total. The van der Waals surface area contributed by atoms with Crippen molar-refractivity contribution in [1.29, 1.82) is 5.26 Å². The highest BCUT2D eigenvalue weighted by Crippen LogP contribution is 2.28. The van der Waals surface area contributed by atoms with Crippen molar-refractivity contribution in [2.75, 3.05) is 5.32 Å². The van der Waals surface area contributed by atoms with Crippen LogP contribution < -0.4 is 5.32 Å². The van der Waals surface area contributed by atoms with Crippen LogP contribution in [0.1, 0.15) is 5.56 Å². The molecule has 2 rings (SSSR count). The standard InChI is InChI=1S/C13H6ClF3N2/c14-9-2-1-3-11(8(9)6-18)19-12-5-7(15)4-10(16)13(12)17/h1-5,19H. The van der Waals surface area contributed by atoms with Crippen LogP contribution in [0.4, 0.5) is 24.5 Å². The predicted octanol–water partition coefficient (Wildman–Crippen LogP) is 4.37. The van der Waals surface area contributed by atoms with Gasteiger partial charge in [0, 0.05) is 12.1 Å². The molecule has 0 amide bonds. The lowest BCUT2D eigenvalue weighted by molar-refractivity contribution is 0.498. The van der Waals surface area contributed by atoms with Crippen molar-refractivity contribution in [1.82, 2.24) is 0 Å². The van der Waals surface area contributed by atoms with Crippen LogP contribution in [0.3, 0.4) is 0 Å². The van der Waals surface area contributed by atoms with Crippen molar-refractivity contribution in [3.63, 3.8) is 0 Å². The second-order valence-electron chi connectivity index (χ2n) is 3.65. The maximum absolute atomic E-state index is 13.5. The van der Waals surface area contributed by atoms with Gasteiger partial charge in [-0.05, 0) is 12.1 Å². The zero-order chi connectivity index (χ0) is 14.0. The zero-order valence-corrected chi connectivity index (χ0v) is 10.1. The molecule has 19 heavy (non-hydrogen) atoms. The Kier molecular flexibility index (Phi) is 3.63. The van der Waals surface area contributed by atoms with Gasteiger partial charge < -0.3 is 5.32 Å². The number of benzene rings is 2. The highest BCUT2D eigenvalue weighted by Gasteiger charge is 2.13. The summed E-state index contributed by atoms with van der Waals surface area (Å²) in [5.41, 5.74) is -0.177. The summed E-state index contributed by atoms with van der Waals surface area (Å²) >= 11 is 5.79. The number of hydrogen-bond donors (Lipinski definition) is 1. The van der Waals surface area contributed by atoms with Gasteiger partial charge in [0.2, 0.25) is 0 Å². The van der Waals surface area contributed by atoms with E-state index in [0.29, 0.717) is 6.07 Å². The van der Waals surface area contributed by atoms with E-state index >= 15 is 0 Å². The quantitative estimate of drug-likeness (QED) is 0.830. The molecule has 0 aromatic heterocycles. The molecule has 2 aromatic carbocycles. The van der Waals surface area contributed by atoms with Gasteiger partial charge in [0.1, 0.15) is 11.9 Å². The third-order valence-electron chi connectivity index (χ3n) is 2.39. The number of rotatable bonds is 2. The Labute approximate surface area is 112 Å². The van der Waals surface area contributed by atoms with Crippen LogP contribution in [0.25, 0.3) is 0 Å². The first-order chi connectivity index (χ1) is 9.02. The van der Waals surface area contributed by atoms with E-state index in [1.54, 1.807) is 0 Å². The van der Waals surface area contributed by atoms with E-state index in [2.05, 4.69) is 5.32 Å². The summed E-state index contributed by atoms with van der Waals surface area (Å²) in [5, 5.41) is 11.5. The van der Waals surface area contributed by atoms with Gasteiger partial charge >= 0.3 is 0 Å². The van der Waals surface area contributed by atoms with Crippen molar-refractivity contribution in [3.8, 4) is 6.07 Å². The average molecular weight is 283 g/mol. The minimum Gasteiger partial charge on any atom is -0.352 e. The van der Waals surface area contributed by atoms with Crippen molar-refractivity contribution in [2.45, 2.75) is 0 Å². The van der Waals surface area contributed by atoms with E-state index in [9.17, 15) is 13.2 Å². The molecule has 0 fully saturated rings. The van der Waals surface area contributed by atoms with Gasteiger partial charge in [-0.2, -0.15) is 5.26 Å². The van der Waals surface area contributed by atoms with Crippen LogP contribution >= 0.6 is 11.6 Å². The third kappa shape index (κ3) is 2.64. The van der Waals surface area contributed by atoms with Gasteiger partial charge in [0.15, 0.2) is 11.6 Å². The van der Waals surface area contributed by atoms with Gasteiger partial charge in [0.25, 0.3) is 0 Å². The molecular weight excluding hydrogens is 277 g/mol. The van der Waals surface area contributed by atoms with Crippen LogP contribution in [0.15, 0.2) is 30.3 Å². The predicted molar refractivity (Wildman–Crippen MR) is 65.8 cm³/mol. The van der Waals surface area contributed by atoms with Crippen LogP contribution in [-0.2, 0) is 0 Å². The average Bonchev–Trinajstić information content (AvgIpc) is 2.35. The fraction of sp³-hybridized carbons (Fsp3) is 0. The van der Waals surface area contributed by atoms with Crippen LogP contribution in [0, 0.1) is 28.8 Å². The third-order valence-corrected chi connectivity index (χ3v) is 2.70. The molecule has 96 valence electrons. The van der Waals surface area contributed by atoms with E-state index in [1.807, 2.05) is 6.07 Å². The molecule has 6 heteroatoms. The van der Waals surface area contributed by atoms with E-state index in [-0.39, 0.29) is 16.3 Å². The molecule has 0 bridgehead atoms. The fourth-order valence-corrected chi connectivity index (χ4v) is 1.75. The number of nitrogens with one attached hydrogen (secondary N) is 1. The summed E-state index contributed by atoms with van der Waals surface area (Å²) in [6, 6.07) is 7.51. The van der Waals surface area contributed by atoms with Crippen molar-refractivity contribution in [3.05, 3.63) is 58.4 Å². The number of nitriles is 1. The molecule has 2 aromatic rings. The van der Waals surface area contributed by atoms with Gasteiger partial charge in [0.05, 0.1) is 22.0 Å². The summed E-state index contributed by atoms with van der Waals surface area (Å²) in [6.07, 6.45) is 0. The Balaban J connectivity index is 2.48. The van der Waals surface area contributed by atoms with Gasteiger partial charge in [-0.3, -0.25) is 0 Å². The molecule has 0 unspecified atom stereocenters. The van der Waals surface area contributed by atoms with Crippen LogP contribution in [-0.4, -0.2) is 0 Å². The van der Waals surface area contributed by atoms with Crippen molar-refractivity contribution < 1.29 is 13.2 Å². The van der Waals surface area contributed by atoms with E-state index < -0.39 is 23.1 Å². The van der Waals surface area contributed by atoms with E-state index in [1.165, 1.54) is 18.2 Å². The Hall–Kier alpha value is -2.19. The molecule has 0 aliphatic heterocycles. The highest BCUT2D eigenvalue weighted by atomic mass is 35.5. The molecule has 1 N–H and O–H groups in total. The Morgan fingerprint density at radius 1 is 1.11 bits per heavy atom. The van der Waals surface area contributed by atoms with Gasteiger partial charge in [-0.1, -0.05) is 17.7 Å².